The first-order valence-electron chi connectivity index (χ1n) is 15.1. The second kappa shape index (κ2) is 10.6. The van der Waals surface area contributed by atoms with E-state index in [0.717, 1.165) is 44.6 Å². The number of anilines is 3. The van der Waals surface area contributed by atoms with Gasteiger partial charge in [0, 0.05) is 22.1 Å². The highest BCUT2D eigenvalue weighted by Crippen LogP contribution is 2.43. The molecule has 0 amide bonds. The molecule has 0 saturated carbocycles. The van der Waals surface area contributed by atoms with Gasteiger partial charge in [-0.1, -0.05) is 121 Å². The molecule has 0 atom stereocenters. The lowest BCUT2D eigenvalue weighted by Gasteiger charge is -2.25. The summed E-state index contributed by atoms with van der Waals surface area (Å²) in [5, 5.41) is 7.25. The topological polar surface area (TPSA) is 16.4 Å². The Morgan fingerprint density at radius 2 is 1.00 bits per heavy atom. The summed E-state index contributed by atoms with van der Waals surface area (Å²) in [5.41, 5.74) is 9.71. The predicted molar refractivity (Wildman–Crippen MR) is 187 cm³/mol. The molecule has 8 aromatic rings. The lowest BCUT2D eigenvalue weighted by molar-refractivity contribution is 0.666. The molecule has 0 aliphatic rings. The highest BCUT2D eigenvalue weighted by molar-refractivity contribution is 6.11. The van der Waals surface area contributed by atoms with Gasteiger partial charge in [0.05, 0.1) is 5.69 Å². The van der Waals surface area contributed by atoms with E-state index >= 15 is 0 Å². The van der Waals surface area contributed by atoms with Crippen molar-refractivity contribution in [2.75, 3.05) is 4.90 Å². The Bertz CT molecular complexity index is 2350. The molecular weight excluding hydrogens is 534 g/mol. The number of hydrogen-bond acceptors (Lipinski definition) is 2. The van der Waals surface area contributed by atoms with Crippen LogP contribution in [0.2, 0.25) is 0 Å². The van der Waals surface area contributed by atoms with Gasteiger partial charge in [0.2, 0.25) is 0 Å². The zero-order chi connectivity index (χ0) is 29.6. The van der Waals surface area contributed by atoms with Crippen molar-refractivity contribution in [1.29, 1.82) is 0 Å². The van der Waals surface area contributed by atoms with E-state index in [2.05, 4.69) is 170 Å². The summed E-state index contributed by atoms with van der Waals surface area (Å²) in [6, 6.07) is 54.2. The van der Waals surface area contributed by atoms with E-state index in [0.29, 0.717) is 0 Å². The summed E-state index contributed by atoms with van der Waals surface area (Å²) >= 11 is 0. The molecule has 0 N–H and O–H groups in total. The van der Waals surface area contributed by atoms with E-state index < -0.39 is 0 Å². The molecule has 0 aliphatic carbocycles. The van der Waals surface area contributed by atoms with Crippen LogP contribution in [0.4, 0.5) is 17.1 Å². The first kappa shape index (κ1) is 26.1. The molecule has 0 fully saturated rings. The van der Waals surface area contributed by atoms with Crippen molar-refractivity contribution in [2.24, 2.45) is 0 Å². The van der Waals surface area contributed by atoms with Crippen LogP contribution in [0, 0.1) is 13.8 Å². The molecule has 0 aliphatic heterocycles. The molecule has 0 saturated heterocycles. The summed E-state index contributed by atoms with van der Waals surface area (Å²) in [5.74, 6) is 0. The Morgan fingerprint density at radius 1 is 0.432 bits per heavy atom. The minimum Gasteiger partial charge on any atom is -0.454 e. The maximum Gasteiger partial charge on any atom is 0.159 e. The zero-order valence-corrected chi connectivity index (χ0v) is 24.8. The number of aryl methyl sites for hydroxylation is 2. The molecule has 2 heteroatoms. The van der Waals surface area contributed by atoms with Crippen molar-refractivity contribution in [2.45, 2.75) is 13.8 Å². The van der Waals surface area contributed by atoms with Gasteiger partial charge >= 0.3 is 0 Å². The van der Waals surface area contributed by atoms with E-state index in [1.807, 2.05) is 0 Å². The number of para-hydroxylation sites is 2. The molecule has 0 spiro atoms. The number of hydrogen-bond donors (Lipinski definition) is 0. The molecule has 2 bridgehead atoms. The second-order valence-electron chi connectivity index (χ2n) is 11.5. The monoisotopic (exact) mass is 565 g/mol. The van der Waals surface area contributed by atoms with Gasteiger partial charge in [-0.25, -0.2) is 0 Å². The van der Waals surface area contributed by atoms with Crippen LogP contribution in [0.25, 0.3) is 54.6 Å². The number of nitrogens with zero attached hydrogens (tertiary/aromatic N) is 1. The van der Waals surface area contributed by atoms with E-state index in [1.165, 1.54) is 38.2 Å². The summed E-state index contributed by atoms with van der Waals surface area (Å²) < 4.78 is 6.68. The molecule has 7 aromatic carbocycles. The van der Waals surface area contributed by atoms with Gasteiger partial charge in [0.15, 0.2) is 5.58 Å². The summed E-state index contributed by atoms with van der Waals surface area (Å²) in [6.45, 7) is 4.33. The third kappa shape index (κ3) is 4.35. The van der Waals surface area contributed by atoms with Gasteiger partial charge in [0.25, 0.3) is 0 Å². The molecule has 8 rings (SSSR count). The summed E-state index contributed by atoms with van der Waals surface area (Å²) in [4.78, 5) is 2.32. The zero-order valence-electron chi connectivity index (χ0n) is 24.8. The van der Waals surface area contributed by atoms with Crippen LogP contribution in [0.15, 0.2) is 156 Å². The van der Waals surface area contributed by atoms with Gasteiger partial charge in [-0.15, -0.1) is 0 Å². The van der Waals surface area contributed by atoms with Crippen molar-refractivity contribution in [3.8, 4) is 11.1 Å². The minimum absolute atomic E-state index is 0.877. The van der Waals surface area contributed by atoms with E-state index in [1.54, 1.807) is 0 Å². The van der Waals surface area contributed by atoms with Crippen LogP contribution in [0.3, 0.4) is 0 Å². The number of rotatable bonds is 4. The van der Waals surface area contributed by atoms with Crippen LogP contribution >= 0.6 is 0 Å². The van der Waals surface area contributed by atoms with Crippen LogP contribution in [-0.4, -0.2) is 0 Å². The standard InChI is InChI=1S/C42H31NO/c1-28-10-6-17-37-38-18-9-19-39(42(38)44-41(28)37)43(36-26-23-32(24-27-36)31-11-4-3-5-12-31)35-16-8-15-33-13-7-14-34-21-20-30(22-25-35)29(2)40(33)34/h3-27H,1-2H3. The number of benzene rings is 6. The molecule has 0 unspecified atom stereocenters. The first-order chi connectivity index (χ1) is 21.7. The van der Waals surface area contributed by atoms with Gasteiger partial charge in [0.1, 0.15) is 5.58 Å². The lowest BCUT2D eigenvalue weighted by atomic mass is 9.99. The van der Waals surface area contributed by atoms with E-state index in [4.69, 9.17) is 4.42 Å². The fraction of sp³-hybridized carbons (Fsp3) is 0.0476. The second-order valence-corrected chi connectivity index (χ2v) is 11.5. The van der Waals surface area contributed by atoms with E-state index in [-0.39, 0.29) is 0 Å². The maximum atomic E-state index is 6.68. The van der Waals surface area contributed by atoms with Gasteiger partial charge < -0.3 is 9.32 Å². The molecule has 2 nitrogen and oxygen atoms in total. The fourth-order valence-corrected chi connectivity index (χ4v) is 6.54. The largest absolute Gasteiger partial charge is 0.454 e. The Balaban J connectivity index is 1.40. The first-order valence-corrected chi connectivity index (χ1v) is 15.1. The average Bonchev–Trinajstić information content (AvgIpc) is 3.46. The lowest BCUT2D eigenvalue weighted by Crippen LogP contribution is -2.09. The quantitative estimate of drug-likeness (QED) is 0.211. The fourth-order valence-electron chi connectivity index (χ4n) is 6.54. The van der Waals surface area contributed by atoms with Gasteiger partial charge in [-0.3, -0.25) is 0 Å². The normalized spacial score (nSPS) is 11.4. The van der Waals surface area contributed by atoms with Crippen molar-refractivity contribution in [1.82, 2.24) is 0 Å². The third-order valence-corrected chi connectivity index (χ3v) is 8.79. The van der Waals surface area contributed by atoms with Gasteiger partial charge in [-0.2, -0.15) is 0 Å². The highest BCUT2D eigenvalue weighted by atomic mass is 16.3. The van der Waals surface area contributed by atoms with E-state index in [9.17, 15) is 0 Å². The predicted octanol–water partition coefficient (Wildman–Crippen LogP) is 12.2. The number of furan rings is 1. The Morgan fingerprint density at radius 3 is 1.80 bits per heavy atom. The van der Waals surface area contributed by atoms with Crippen molar-refractivity contribution in [3.63, 3.8) is 0 Å². The Labute approximate surface area is 257 Å². The van der Waals surface area contributed by atoms with Crippen molar-refractivity contribution >= 4 is 60.5 Å². The average molecular weight is 566 g/mol. The van der Waals surface area contributed by atoms with Crippen LogP contribution < -0.4 is 4.90 Å². The highest BCUT2D eigenvalue weighted by Gasteiger charge is 2.19. The molecule has 44 heavy (non-hydrogen) atoms. The molecular formula is C42H31NO. The molecule has 0 radical (unpaired) electrons. The van der Waals surface area contributed by atoms with Crippen molar-refractivity contribution in [3.05, 3.63) is 163 Å². The SMILES string of the molecule is Cc1cccc2c1oc1c(N(c3ccc(-c4ccccc4)cc3)c3cccc4cccc5ccc(cc3)c(C)c45)cccc12. The number of fused-ring (bicyclic) bond motifs is 4. The van der Waals surface area contributed by atoms with Crippen LogP contribution in [0.1, 0.15) is 11.1 Å². The molecule has 1 heterocycles. The maximum absolute atomic E-state index is 6.68. The van der Waals surface area contributed by atoms with Crippen LogP contribution in [0.5, 0.6) is 0 Å². The summed E-state index contributed by atoms with van der Waals surface area (Å²) in [6.07, 6.45) is 0. The smallest absolute Gasteiger partial charge is 0.159 e. The Kier molecular flexibility index (Phi) is 6.27. The summed E-state index contributed by atoms with van der Waals surface area (Å²) in [7, 11) is 0. The van der Waals surface area contributed by atoms with Crippen molar-refractivity contribution < 1.29 is 4.42 Å². The van der Waals surface area contributed by atoms with Crippen LogP contribution in [-0.2, 0) is 0 Å². The molecule has 1 aromatic heterocycles. The Hall–Kier alpha value is -5.60. The molecule has 210 valence electrons. The minimum atomic E-state index is 0.877. The van der Waals surface area contributed by atoms with Gasteiger partial charge in [-0.05, 0) is 88.0 Å². The third-order valence-electron chi connectivity index (χ3n) is 8.79.